The SMILES string of the molecule is CC=CC1CCC(c2ccc(C3CCC(c4ccc(OCC)c(F)c4)CC3)c(F)c2F)CC1. The number of allylic oxidation sites excluding steroid dienone is 2. The Hall–Kier alpha value is -2.23. The molecule has 178 valence electrons. The highest BCUT2D eigenvalue weighted by atomic mass is 19.2. The lowest BCUT2D eigenvalue weighted by atomic mass is 9.75. The van der Waals surface area contributed by atoms with E-state index in [1.807, 2.05) is 32.0 Å². The van der Waals surface area contributed by atoms with Crippen molar-refractivity contribution in [3.8, 4) is 5.75 Å². The van der Waals surface area contributed by atoms with Crippen LogP contribution >= 0.6 is 0 Å². The molecule has 33 heavy (non-hydrogen) atoms. The standard InChI is InChI=1S/C29H35F3O/c1-3-5-19-6-8-21(9-7-19)24-15-16-25(29(32)28(24)31)22-12-10-20(11-13-22)23-14-17-27(33-4-2)26(30)18-23/h3,5,14-22H,4,6-13H2,1-2H3. The molecule has 4 rings (SSSR count). The fourth-order valence-corrected chi connectivity index (χ4v) is 5.89. The molecule has 2 fully saturated rings. The van der Waals surface area contributed by atoms with E-state index in [0.717, 1.165) is 56.9 Å². The molecule has 2 aromatic carbocycles. The van der Waals surface area contributed by atoms with Gasteiger partial charge in [-0.15, -0.1) is 0 Å². The van der Waals surface area contributed by atoms with Crippen molar-refractivity contribution in [1.29, 1.82) is 0 Å². The molecule has 0 aliphatic heterocycles. The van der Waals surface area contributed by atoms with E-state index in [1.54, 1.807) is 12.1 Å². The van der Waals surface area contributed by atoms with Crippen LogP contribution in [0.15, 0.2) is 42.5 Å². The Balaban J connectivity index is 1.40. The molecular weight excluding hydrogens is 421 g/mol. The average Bonchev–Trinajstić information content (AvgIpc) is 2.83. The van der Waals surface area contributed by atoms with E-state index in [1.165, 1.54) is 0 Å². The fourth-order valence-electron chi connectivity index (χ4n) is 5.89. The third kappa shape index (κ3) is 5.31. The third-order valence-corrected chi connectivity index (χ3v) is 7.71. The molecule has 0 atom stereocenters. The van der Waals surface area contributed by atoms with Crippen LogP contribution < -0.4 is 4.74 Å². The molecular formula is C29H35F3O. The molecule has 4 heteroatoms. The zero-order valence-electron chi connectivity index (χ0n) is 19.8. The maximum absolute atomic E-state index is 15.1. The van der Waals surface area contributed by atoms with Gasteiger partial charge >= 0.3 is 0 Å². The van der Waals surface area contributed by atoms with E-state index in [2.05, 4.69) is 12.2 Å². The van der Waals surface area contributed by atoms with Crippen LogP contribution in [0.1, 0.15) is 99.7 Å². The summed E-state index contributed by atoms with van der Waals surface area (Å²) in [6.07, 6.45) is 11.5. The lowest BCUT2D eigenvalue weighted by Gasteiger charge is -2.31. The molecule has 2 saturated carbocycles. The zero-order valence-corrected chi connectivity index (χ0v) is 19.8. The summed E-state index contributed by atoms with van der Waals surface area (Å²) in [5, 5.41) is 0. The Morgan fingerprint density at radius 2 is 1.33 bits per heavy atom. The van der Waals surface area contributed by atoms with Gasteiger partial charge in [-0.3, -0.25) is 0 Å². The second-order valence-electron chi connectivity index (χ2n) is 9.68. The Morgan fingerprint density at radius 1 is 0.788 bits per heavy atom. The monoisotopic (exact) mass is 456 g/mol. The van der Waals surface area contributed by atoms with Gasteiger partial charge in [0.2, 0.25) is 0 Å². The first kappa shape index (κ1) is 23.9. The smallest absolute Gasteiger partial charge is 0.165 e. The quantitative estimate of drug-likeness (QED) is 0.395. The fraction of sp³-hybridized carbons (Fsp3) is 0.517. The van der Waals surface area contributed by atoms with Crippen LogP contribution in [0.4, 0.5) is 13.2 Å². The maximum Gasteiger partial charge on any atom is 0.165 e. The van der Waals surface area contributed by atoms with Crippen molar-refractivity contribution in [1.82, 2.24) is 0 Å². The van der Waals surface area contributed by atoms with Gasteiger partial charge in [0.05, 0.1) is 6.61 Å². The zero-order chi connectivity index (χ0) is 23.4. The highest BCUT2D eigenvalue weighted by molar-refractivity contribution is 5.34. The van der Waals surface area contributed by atoms with Crippen molar-refractivity contribution in [2.75, 3.05) is 6.61 Å². The molecule has 0 saturated heterocycles. The normalized spacial score (nSPS) is 26.0. The largest absolute Gasteiger partial charge is 0.491 e. The summed E-state index contributed by atoms with van der Waals surface area (Å²) in [7, 11) is 0. The summed E-state index contributed by atoms with van der Waals surface area (Å²) in [6, 6.07) is 8.85. The molecule has 0 N–H and O–H groups in total. The minimum atomic E-state index is -0.654. The second kappa shape index (κ2) is 10.8. The summed E-state index contributed by atoms with van der Waals surface area (Å²) in [5.74, 6) is -0.411. The number of rotatable bonds is 6. The Kier molecular flexibility index (Phi) is 7.82. The van der Waals surface area contributed by atoms with Crippen LogP contribution in [0.5, 0.6) is 5.75 Å². The van der Waals surface area contributed by atoms with Gasteiger partial charge in [-0.25, -0.2) is 13.2 Å². The highest BCUT2D eigenvalue weighted by Gasteiger charge is 2.30. The minimum absolute atomic E-state index is 0.0165. The molecule has 0 bridgehead atoms. The first-order chi connectivity index (χ1) is 16.0. The third-order valence-electron chi connectivity index (χ3n) is 7.71. The molecule has 0 aromatic heterocycles. The minimum Gasteiger partial charge on any atom is -0.491 e. The molecule has 0 unspecified atom stereocenters. The van der Waals surface area contributed by atoms with Crippen molar-refractivity contribution >= 4 is 0 Å². The molecule has 0 spiro atoms. The summed E-state index contributed by atoms with van der Waals surface area (Å²) in [4.78, 5) is 0. The van der Waals surface area contributed by atoms with Crippen LogP contribution in [-0.4, -0.2) is 6.61 Å². The molecule has 0 heterocycles. The molecule has 0 amide bonds. The van der Waals surface area contributed by atoms with Gasteiger partial charge in [-0.1, -0.05) is 30.4 Å². The Morgan fingerprint density at radius 3 is 1.85 bits per heavy atom. The second-order valence-corrected chi connectivity index (χ2v) is 9.68. The van der Waals surface area contributed by atoms with Crippen LogP contribution in [0.2, 0.25) is 0 Å². The van der Waals surface area contributed by atoms with Crippen LogP contribution in [0.3, 0.4) is 0 Å². The van der Waals surface area contributed by atoms with E-state index < -0.39 is 11.6 Å². The summed E-state index contributed by atoms with van der Waals surface area (Å²) >= 11 is 0. The summed E-state index contributed by atoms with van der Waals surface area (Å²) in [6.45, 7) is 4.29. The van der Waals surface area contributed by atoms with Gasteiger partial charge < -0.3 is 4.74 Å². The van der Waals surface area contributed by atoms with Gasteiger partial charge in [0, 0.05) is 0 Å². The van der Waals surface area contributed by atoms with Crippen molar-refractivity contribution < 1.29 is 17.9 Å². The Bertz CT molecular complexity index is 967. The molecule has 0 radical (unpaired) electrons. The van der Waals surface area contributed by atoms with Gasteiger partial charge in [0.15, 0.2) is 23.2 Å². The van der Waals surface area contributed by atoms with Crippen molar-refractivity contribution in [2.24, 2.45) is 5.92 Å². The highest BCUT2D eigenvalue weighted by Crippen LogP contribution is 2.44. The Labute approximate surface area is 196 Å². The predicted molar refractivity (Wildman–Crippen MR) is 127 cm³/mol. The maximum atomic E-state index is 15.1. The number of ether oxygens (including phenoxy) is 1. The average molecular weight is 457 g/mol. The summed E-state index contributed by atoms with van der Waals surface area (Å²) < 4.78 is 49.8. The molecule has 2 aliphatic carbocycles. The first-order valence-corrected chi connectivity index (χ1v) is 12.5. The van der Waals surface area contributed by atoms with Crippen molar-refractivity contribution in [3.05, 3.63) is 76.6 Å². The van der Waals surface area contributed by atoms with E-state index in [9.17, 15) is 4.39 Å². The number of halogens is 3. The number of benzene rings is 2. The molecule has 2 aliphatic rings. The predicted octanol–water partition coefficient (Wildman–Crippen LogP) is 8.79. The van der Waals surface area contributed by atoms with Gasteiger partial charge in [-0.05, 0) is 118 Å². The van der Waals surface area contributed by atoms with Gasteiger partial charge in [0.1, 0.15) is 0 Å². The first-order valence-electron chi connectivity index (χ1n) is 12.5. The van der Waals surface area contributed by atoms with Crippen molar-refractivity contribution in [3.63, 3.8) is 0 Å². The van der Waals surface area contributed by atoms with Crippen LogP contribution in [-0.2, 0) is 0 Å². The topological polar surface area (TPSA) is 9.23 Å². The van der Waals surface area contributed by atoms with Crippen LogP contribution in [0.25, 0.3) is 0 Å². The van der Waals surface area contributed by atoms with Gasteiger partial charge in [0.25, 0.3) is 0 Å². The number of hydrogen-bond acceptors (Lipinski definition) is 1. The van der Waals surface area contributed by atoms with E-state index >= 15 is 8.78 Å². The lowest BCUT2D eigenvalue weighted by Crippen LogP contribution is -2.16. The molecule has 2 aromatic rings. The van der Waals surface area contributed by atoms with E-state index in [0.29, 0.717) is 23.7 Å². The summed E-state index contributed by atoms with van der Waals surface area (Å²) in [5.41, 5.74) is 2.02. The lowest BCUT2D eigenvalue weighted by molar-refractivity contribution is 0.320. The number of hydrogen-bond donors (Lipinski definition) is 0. The molecule has 1 nitrogen and oxygen atoms in total. The van der Waals surface area contributed by atoms with E-state index in [4.69, 9.17) is 4.74 Å². The van der Waals surface area contributed by atoms with Crippen molar-refractivity contribution in [2.45, 2.75) is 83.0 Å². The van der Waals surface area contributed by atoms with E-state index in [-0.39, 0.29) is 29.3 Å². The van der Waals surface area contributed by atoms with Gasteiger partial charge in [-0.2, -0.15) is 0 Å². The van der Waals surface area contributed by atoms with Crippen LogP contribution in [0, 0.1) is 23.4 Å².